The zero-order valence-electron chi connectivity index (χ0n) is 12.3. The fourth-order valence-electron chi connectivity index (χ4n) is 2.04. The summed E-state index contributed by atoms with van der Waals surface area (Å²) in [5, 5.41) is 6.81. The first-order valence-corrected chi connectivity index (χ1v) is 6.57. The van der Waals surface area contributed by atoms with Crippen LogP contribution in [0.5, 0.6) is 0 Å². The molecule has 21 heavy (non-hydrogen) atoms. The molecule has 1 heterocycles. The number of nitrogen functional groups attached to an aromatic ring is 1. The van der Waals surface area contributed by atoms with Gasteiger partial charge in [-0.15, -0.1) is 0 Å². The highest BCUT2D eigenvalue weighted by Crippen LogP contribution is 2.27. The first-order chi connectivity index (χ1) is 9.97. The second-order valence-electron chi connectivity index (χ2n) is 4.90. The number of rotatable bonds is 4. The van der Waals surface area contributed by atoms with Crippen LogP contribution in [0.3, 0.4) is 0 Å². The lowest BCUT2D eigenvalue weighted by atomic mass is 10.0. The Labute approximate surface area is 122 Å². The fraction of sp³-hybridized carbons (Fsp3) is 0.267. The summed E-state index contributed by atoms with van der Waals surface area (Å²) in [4.78, 5) is 22.8. The lowest BCUT2D eigenvalue weighted by molar-refractivity contribution is -0.121. The number of aromatic nitrogens is 2. The number of hydrogen-bond acceptors (Lipinski definition) is 4. The van der Waals surface area contributed by atoms with Gasteiger partial charge in [-0.05, 0) is 31.0 Å². The fourth-order valence-corrected chi connectivity index (χ4v) is 2.04. The molecule has 2 aromatic rings. The maximum Gasteiger partial charge on any atom is 0.241 e. The second-order valence-corrected chi connectivity index (χ2v) is 4.90. The van der Waals surface area contributed by atoms with E-state index in [2.05, 4.69) is 10.4 Å². The number of nitrogens with one attached hydrogen (secondary N) is 1. The Morgan fingerprint density at radius 2 is 2.10 bits per heavy atom. The molecule has 110 valence electrons. The number of aryl methyl sites for hydroxylation is 2. The summed E-state index contributed by atoms with van der Waals surface area (Å²) in [5.74, 6) is -0.0323. The average molecular weight is 286 g/mol. The number of benzene rings is 1. The van der Waals surface area contributed by atoms with Crippen molar-refractivity contribution in [1.29, 1.82) is 0 Å². The zero-order chi connectivity index (χ0) is 15.6. The van der Waals surface area contributed by atoms with E-state index in [4.69, 9.17) is 5.73 Å². The van der Waals surface area contributed by atoms with Crippen LogP contribution in [0.15, 0.2) is 18.2 Å². The predicted octanol–water partition coefficient (Wildman–Crippen LogP) is 1.31. The van der Waals surface area contributed by atoms with Gasteiger partial charge in [-0.1, -0.05) is 12.1 Å². The summed E-state index contributed by atoms with van der Waals surface area (Å²) in [6, 6.07) is 5.81. The van der Waals surface area contributed by atoms with Gasteiger partial charge in [0.2, 0.25) is 5.91 Å². The van der Waals surface area contributed by atoms with E-state index >= 15 is 0 Å². The largest absolute Gasteiger partial charge is 0.383 e. The molecular formula is C15H18N4O2. The zero-order valence-corrected chi connectivity index (χ0v) is 12.3. The Balaban J connectivity index is 2.52. The molecule has 0 aliphatic carbocycles. The maximum absolute atomic E-state index is 11.5. The van der Waals surface area contributed by atoms with Crippen LogP contribution in [0.2, 0.25) is 0 Å². The van der Waals surface area contributed by atoms with E-state index in [1.165, 1.54) is 11.7 Å². The molecule has 3 N–H and O–H groups in total. The van der Waals surface area contributed by atoms with Gasteiger partial charge in [0, 0.05) is 12.6 Å². The predicted molar refractivity (Wildman–Crippen MR) is 81.0 cm³/mol. The third-order valence-electron chi connectivity index (χ3n) is 3.50. The van der Waals surface area contributed by atoms with Crippen molar-refractivity contribution >= 4 is 18.0 Å². The van der Waals surface area contributed by atoms with Crippen molar-refractivity contribution in [2.24, 2.45) is 0 Å². The van der Waals surface area contributed by atoms with Crippen molar-refractivity contribution in [3.05, 3.63) is 34.9 Å². The summed E-state index contributed by atoms with van der Waals surface area (Å²) in [7, 11) is 1.53. The third-order valence-corrected chi connectivity index (χ3v) is 3.50. The number of nitrogens with two attached hydrogens (primary N) is 1. The van der Waals surface area contributed by atoms with E-state index < -0.39 is 0 Å². The molecule has 1 aromatic heterocycles. The van der Waals surface area contributed by atoms with E-state index in [1.807, 2.05) is 32.0 Å². The highest BCUT2D eigenvalue weighted by Gasteiger charge is 2.18. The smallest absolute Gasteiger partial charge is 0.241 e. The number of carbonyl (C=O) groups excluding carboxylic acids is 2. The van der Waals surface area contributed by atoms with E-state index in [0.29, 0.717) is 17.5 Å². The van der Waals surface area contributed by atoms with Gasteiger partial charge in [-0.25, -0.2) is 4.68 Å². The molecule has 6 nitrogen and oxygen atoms in total. The Morgan fingerprint density at radius 3 is 2.67 bits per heavy atom. The van der Waals surface area contributed by atoms with Gasteiger partial charge in [0.15, 0.2) is 6.29 Å². The van der Waals surface area contributed by atoms with Gasteiger partial charge in [0.25, 0.3) is 0 Å². The normalized spacial score (nSPS) is 10.4. The average Bonchev–Trinajstić information content (AvgIpc) is 2.78. The molecule has 0 saturated carbocycles. The number of hydrogen-bond donors (Lipinski definition) is 2. The first kappa shape index (κ1) is 14.8. The van der Waals surface area contributed by atoms with Gasteiger partial charge in [0.05, 0.1) is 5.56 Å². The quantitative estimate of drug-likeness (QED) is 0.829. The molecule has 0 aliphatic heterocycles. The van der Waals surface area contributed by atoms with Crippen molar-refractivity contribution in [2.75, 3.05) is 12.8 Å². The highest BCUT2D eigenvalue weighted by molar-refractivity contribution is 5.92. The summed E-state index contributed by atoms with van der Waals surface area (Å²) in [6.07, 6.45) is 0.674. The Hall–Kier alpha value is -2.63. The van der Waals surface area contributed by atoms with Crippen LogP contribution in [-0.4, -0.2) is 29.0 Å². The summed E-state index contributed by atoms with van der Waals surface area (Å²) < 4.78 is 1.34. The minimum Gasteiger partial charge on any atom is -0.383 e. The van der Waals surface area contributed by atoms with Crippen molar-refractivity contribution in [1.82, 2.24) is 15.1 Å². The molecule has 6 heteroatoms. The first-order valence-electron chi connectivity index (χ1n) is 6.57. The lowest BCUT2D eigenvalue weighted by Gasteiger charge is -2.03. The van der Waals surface area contributed by atoms with E-state index in [1.54, 1.807) is 0 Å². The molecule has 0 bridgehead atoms. The molecule has 0 fully saturated rings. The molecule has 0 spiro atoms. The molecular weight excluding hydrogens is 268 g/mol. The van der Waals surface area contributed by atoms with Crippen LogP contribution < -0.4 is 11.1 Å². The number of amides is 1. The monoisotopic (exact) mass is 286 g/mol. The topological polar surface area (TPSA) is 90.0 Å². The van der Waals surface area contributed by atoms with Crippen LogP contribution in [0, 0.1) is 13.8 Å². The van der Waals surface area contributed by atoms with Gasteiger partial charge in [-0.3, -0.25) is 9.59 Å². The maximum atomic E-state index is 11.5. The summed E-state index contributed by atoms with van der Waals surface area (Å²) in [5.41, 5.74) is 9.78. The minimum atomic E-state index is -0.228. The molecule has 1 amide bonds. The SMILES string of the molecule is CNC(=O)Cn1nc(-c2ccc(C)c(C)c2)c(C=O)c1N. The Morgan fingerprint density at radius 1 is 1.38 bits per heavy atom. The van der Waals surface area contributed by atoms with Gasteiger partial charge < -0.3 is 11.1 Å². The Kier molecular flexibility index (Phi) is 4.07. The second kappa shape index (κ2) is 5.78. The van der Waals surface area contributed by atoms with Crippen molar-refractivity contribution in [3.8, 4) is 11.3 Å². The van der Waals surface area contributed by atoms with E-state index in [0.717, 1.165) is 16.7 Å². The number of carbonyl (C=O) groups is 2. The van der Waals surface area contributed by atoms with Gasteiger partial charge in [-0.2, -0.15) is 5.10 Å². The van der Waals surface area contributed by atoms with Crippen LogP contribution in [-0.2, 0) is 11.3 Å². The van der Waals surface area contributed by atoms with Gasteiger partial charge in [0.1, 0.15) is 18.1 Å². The minimum absolute atomic E-state index is 0.0198. The summed E-state index contributed by atoms with van der Waals surface area (Å²) in [6.45, 7) is 3.98. The van der Waals surface area contributed by atoms with E-state index in [9.17, 15) is 9.59 Å². The van der Waals surface area contributed by atoms with Gasteiger partial charge >= 0.3 is 0 Å². The lowest BCUT2D eigenvalue weighted by Crippen LogP contribution is -2.24. The molecule has 2 rings (SSSR count). The standard InChI is InChI=1S/C15H18N4O2/c1-9-4-5-11(6-10(9)2)14-12(8-20)15(16)19(18-14)7-13(21)17-3/h4-6,8H,7,16H2,1-3H3,(H,17,21). The van der Waals surface area contributed by atoms with Crippen molar-refractivity contribution < 1.29 is 9.59 Å². The van der Waals surface area contributed by atoms with Crippen LogP contribution >= 0.6 is 0 Å². The molecule has 0 aliphatic rings. The molecule has 0 unspecified atom stereocenters. The molecule has 0 atom stereocenters. The van der Waals surface area contributed by atoms with Crippen LogP contribution in [0.4, 0.5) is 5.82 Å². The third kappa shape index (κ3) is 2.79. The number of aldehydes is 1. The van der Waals surface area contributed by atoms with Crippen LogP contribution in [0.1, 0.15) is 21.5 Å². The highest BCUT2D eigenvalue weighted by atomic mass is 16.2. The summed E-state index contributed by atoms with van der Waals surface area (Å²) >= 11 is 0. The number of anilines is 1. The van der Waals surface area contributed by atoms with Crippen molar-refractivity contribution in [2.45, 2.75) is 20.4 Å². The number of likely N-dealkylation sites (N-methyl/N-ethyl adjacent to an activating group) is 1. The molecule has 1 aromatic carbocycles. The number of nitrogens with zero attached hydrogens (tertiary/aromatic N) is 2. The molecule has 0 radical (unpaired) electrons. The van der Waals surface area contributed by atoms with E-state index in [-0.39, 0.29) is 18.3 Å². The molecule has 0 saturated heterocycles. The Bertz CT molecular complexity index is 704. The van der Waals surface area contributed by atoms with Crippen molar-refractivity contribution in [3.63, 3.8) is 0 Å². The van der Waals surface area contributed by atoms with Crippen LogP contribution in [0.25, 0.3) is 11.3 Å².